The smallest absolute Gasteiger partial charge is 0.407 e. The van der Waals surface area contributed by atoms with Crippen molar-refractivity contribution in [2.75, 3.05) is 6.54 Å². The highest BCUT2D eigenvalue weighted by molar-refractivity contribution is 5.68. The van der Waals surface area contributed by atoms with Gasteiger partial charge in [-0.25, -0.2) is 9.59 Å². The van der Waals surface area contributed by atoms with Gasteiger partial charge in [-0.15, -0.1) is 0 Å². The summed E-state index contributed by atoms with van der Waals surface area (Å²) >= 11 is 0. The third kappa shape index (κ3) is 8.80. The quantitative estimate of drug-likeness (QED) is 0.772. The Labute approximate surface area is 162 Å². The van der Waals surface area contributed by atoms with E-state index in [1.54, 1.807) is 0 Å². The second-order valence-corrected chi connectivity index (χ2v) is 8.14. The summed E-state index contributed by atoms with van der Waals surface area (Å²) in [5.41, 5.74) is 0.505. The minimum absolute atomic E-state index is 0.180. The summed E-state index contributed by atoms with van der Waals surface area (Å²) in [5, 5.41) is 5.77. The third-order valence-electron chi connectivity index (χ3n) is 4.60. The molecular formula is C21H32N2O4. The molecule has 150 valence electrons. The normalized spacial score (nSPS) is 19.8. The number of hydrogen-bond acceptors (Lipinski definition) is 4. The van der Waals surface area contributed by atoms with Crippen LogP contribution in [-0.2, 0) is 16.1 Å². The zero-order chi connectivity index (χ0) is 19.7. The highest BCUT2D eigenvalue weighted by Crippen LogP contribution is 2.26. The second kappa shape index (κ2) is 10.2. The number of ether oxygens (including phenoxy) is 2. The van der Waals surface area contributed by atoms with Crippen LogP contribution in [0.4, 0.5) is 9.59 Å². The maximum atomic E-state index is 11.8. The number of benzene rings is 1. The van der Waals surface area contributed by atoms with E-state index in [1.807, 2.05) is 51.1 Å². The Bertz CT molecular complexity index is 590. The van der Waals surface area contributed by atoms with E-state index in [1.165, 1.54) is 0 Å². The summed E-state index contributed by atoms with van der Waals surface area (Å²) in [6, 6.07) is 9.81. The molecule has 1 aromatic carbocycles. The van der Waals surface area contributed by atoms with Gasteiger partial charge in [-0.05, 0) is 64.4 Å². The van der Waals surface area contributed by atoms with E-state index >= 15 is 0 Å². The summed E-state index contributed by atoms with van der Waals surface area (Å²) in [7, 11) is 0. The Kier molecular flexibility index (Phi) is 7.95. The molecule has 0 spiro atoms. The molecule has 1 aromatic rings. The molecule has 6 nitrogen and oxygen atoms in total. The highest BCUT2D eigenvalue weighted by Gasteiger charge is 2.24. The van der Waals surface area contributed by atoms with Crippen molar-refractivity contribution in [1.82, 2.24) is 10.6 Å². The van der Waals surface area contributed by atoms with E-state index < -0.39 is 5.60 Å². The van der Waals surface area contributed by atoms with E-state index in [9.17, 15) is 9.59 Å². The maximum absolute atomic E-state index is 11.8. The van der Waals surface area contributed by atoms with E-state index in [-0.39, 0.29) is 24.8 Å². The van der Waals surface area contributed by atoms with E-state index in [0.29, 0.717) is 12.5 Å². The van der Waals surface area contributed by atoms with Gasteiger partial charge >= 0.3 is 12.2 Å². The molecule has 0 heterocycles. The average Bonchev–Trinajstić information content (AvgIpc) is 2.61. The lowest BCUT2D eigenvalue weighted by Crippen LogP contribution is -2.41. The molecule has 1 aliphatic carbocycles. The molecule has 0 aliphatic heterocycles. The van der Waals surface area contributed by atoms with Crippen molar-refractivity contribution in [2.24, 2.45) is 5.92 Å². The molecular weight excluding hydrogens is 344 g/mol. The second-order valence-electron chi connectivity index (χ2n) is 8.14. The van der Waals surface area contributed by atoms with Crippen molar-refractivity contribution in [3.05, 3.63) is 35.9 Å². The van der Waals surface area contributed by atoms with E-state index in [0.717, 1.165) is 37.7 Å². The van der Waals surface area contributed by atoms with Crippen LogP contribution in [0, 0.1) is 5.92 Å². The molecule has 0 saturated heterocycles. The van der Waals surface area contributed by atoms with Crippen molar-refractivity contribution >= 4 is 12.2 Å². The lowest BCUT2D eigenvalue weighted by Gasteiger charge is -2.30. The average molecular weight is 376 g/mol. The van der Waals surface area contributed by atoms with Crippen molar-refractivity contribution in [2.45, 2.75) is 71.1 Å². The molecule has 0 radical (unpaired) electrons. The van der Waals surface area contributed by atoms with Gasteiger partial charge in [0.25, 0.3) is 0 Å². The summed E-state index contributed by atoms with van der Waals surface area (Å²) in [6.07, 6.45) is 4.19. The number of alkyl carbamates (subject to hydrolysis) is 2. The predicted molar refractivity (Wildman–Crippen MR) is 104 cm³/mol. The zero-order valence-electron chi connectivity index (χ0n) is 16.6. The number of rotatable bonds is 6. The number of hydrogen-bond donors (Lipinski definition) is 2. The number of amides is 2. The predicted octanol–water partition coefficient (Wildman–Crippen LogP) is 4.39. The summed E-state index contributed by atoms with van der Waals surface area (Å²) < 4.78 is 10.5. The van der Waals surface area contributed by atoms with Gasteiger partial charge in [-0.3, -0.25) is 0 Å². The minimum Gasteiger partial charge on any atom is -0.445 e. The van der Waals surface area contributed by atoms with Crippen LogP contribution in [0.3, 0.4) is 0 Å². The first-order chi connectivity index (χ1) is 12.8. The van der Waals surface area contributed by atoms with Crippen molar-refractivity contribution in [3.8, 4) is 0 Å². The first kappa shape index (κ1) is 21.1. The monoisotopic (exact) mass is 376 g/mol. The van der Waals surface area contributed by atoms with E-state index in [4.69, 9.17) is 9.47 Å². The Morgan fingerprint density at radius 3 is 2.33 bits per heavy atom. The first-order valence-corrected chi connectivity index (χ1v) is 9.76. The largest absolute Gasteiger partial charge is 0.445 e. The molecule has 6 heteroatoms. The van der Waals surface area contributed by atoms with Crippen LogP contribution in [-0.4, -0.2) is 30.4 Å². The zero-order valence-corrected chi connectivity index (χ0v) is 16.6. The SMILES string of the molecule is CC(C)(C)OC(=O)N[C@H]1CC[C@@H](CCNC(=O)OCc2ccccc2)CC1. The number of carbonyl (C=O) groups is 2. The molecule has 1 aliphatic rings. The lowest BCUT2D eigenvalue weighted by atomic mass is 9.84. The molecule has 2 rings (SSSR count). The van der Waals surface area contributed by atoms with Crippen LogP contribution in [0.5, 0.6) is 0 Å². The molecule has 0 aromatic heterocycles. The molecule has 1 saturated carbocycles. The summed E-state index contributed by atoms with van der Waals surface area (Å²) in [4.78, 5) is 23.6. The van der Waals surface area contributed by atoms with Gasteiger partial charge in [0.05, 0.1) is 0 Å². The van der Waals surface area contributed by atoms with Crippen LogP contribution < -0.4 is 10.6 Å². The van der Waals surface area contributed by atoms with Crippen LogP contribution in [0.25, 0.3) is 0 Å². The molecule has 0 bridgehead atoms. The third-order valence-corrected chi connectivity index (χ3v) is 4.60. The van der Waals surface area contributed by atoms with Gasteiger partial charge in [-0.2, -0.15) is 0 Å². The highest BCUT2D eigenvalue weighted by atomic mass is 16.6. The molecule has 2 amide bonds. The standard InChI is InChI=1S/C21H32N2O4/c1-21(2,3)27-20(25)23-18-11-9-16(10-12-18)13-14-22-19(24)26-15-17-7-5-4-6-8-17/h4-8,16,18H,9-15H2,1-3H3,(H,22,24)(H,23,25)/t16-,18+. The number of nitrogens with one attached hydrogen (secondary N) is 2. The van der Waals surface area contributed by atoms with Gasteiger partial charge in [0, 0.05) is 12.6 Å². The van der Waals surface area contributed by atoms with E-state index in [2.05, 4.69) is 10.6 Å². The van der Waals surface area contributed by atoms with Gasteiger partial charge in [0.1, 0.15) is 12.2 Å². The fourth-order valence-electron chi connectivity index (χ4n) is 3.22. The number of carbonyl (C=O) groups excluding carboxylic acids is 2. The van der Waals surface area contributed by atoms with Crippen LogP contribution >= 0.6 is 0 Å². The van der Waals surface area contributed by atoms with Gasteiger partial charge in [0.2, 0.25) is 0 Å². The van der Waals surface area contributed by atoms with Crippen molar-refractivity contribution in [1.29, 1.82) is 0 Å². The van der Waals surface area contributed by atoms with Gasteiger partial charge in [0.15, 0.2) is 0 Å². The maximum Gasteiger partial charge on any atom is 0.407 e. The molecule has 27 heavy (non-hydrogen) atoms. The minimum atomic E-state index is -0.470. The Hall–Kier alpha value is -2.24. The molecule has 1 fully saturated rings. The first-order valence-electron chi connectivity index (χ1n) is 9.76. The summed E-state index contributed by atoms with van der Waals surface area (Å²) in [5.74, 6) is 0.566. The van der Waals surface area contributed by atoms with Gasteiger partial charge in [-0.1, -0.05) is 30.3 Å². The topological polar surface area (TPSA) is 76.7 Å². The van der Waals surface area contributed by atoms with Crippen LogP contribution in [0.15, 0.2) is 30.3 Å². The Morgan fingerprint density at radius 2 is 1.70 bits per heavy atom. The van der Waals surface area contributed by atoms with Gasteiger partial charge < -0.3 is 20.1 Å². The van der Waals surface area contributed by atoms with Crippen molar-refractivity contribution in [3.63, 3.8) is 0 Å². The molecule has 2 N–H and O–H groups in total. The Balaban J connectivity index is 1.55. The molecule has 0 unspecified atom stereocenters. The lowest BCUT2D eigenvalue weighted by molar-refractivity contribution is 0.0486. The fourth-order valence-corrected chi connectivity index (χ4v) is 3.22. The van der Waals surface area contributed by atoms with Crippen molar-refractivity contribution < 1.29 is 19.1 Å². The van der Waals surface area contributed by atoms with Crippen LogP contribution in [0.1, 0.15) is 58.4 Å². The fraction of sp³-hybridized carbons (Fsp3) is 0.619. The summed E-state index contributed by atoms with van der Waals surface area (Å²) in [6.45, 7) is 6.49. The molecule has 0 atom stereocenters. The Morgan fingerprint density at radius 1 is 1.04 bits per heavy atom. The van der Waals surface area contributed by atoms with Crippen LogP contribution in [0.2, 0.25) is 0 Å².